The van der Waals surface area contributed by atoms with Crippen LogP contribution >= 0.6 is 15.9 Å². The number of hydrogen-bond acceptors (Lipinski definition) is 4. The number of ether oxygens (including phenoxy) is 1. The predicted molar refractivity (Wildman–Crippen MR) is 69.8 cm³/mol. The predicted octanol–water partition coefficient (Wildman–Crippen LogP) is 3.85. The van der Waals surface area contributed by atoms with E-state index in [1.165, 1.54) is 12.1 Å². The zero-order chi connectivity index (χ0) is 13.1. The van der Waals surface area contributed by atoms with Crippen molar-refractivity contribution in [2.24, 2.45) is 0 Å². The van der Waals surface area contributed by atoms with E-state index in [2.05, 4.69) is 20.9 Å². The van der Waals surface area contributed by atoms with Gasteiger partial charge in [-0.2, -0.15) is 0 Å². The molecule has 6 heteroatoms. The fraction of sp³-hybridized carbons (Fsp3) is 0.0833. The van der Waals surface area contributed by atoms with Crippen LogP contribution in [0.5, 0.6) is 11.6 Å². The number of nitro benzene ring substituents is 1. The van der Waals surface area contributed by atoms with Crippen LogP contribution in [0.15, 0.2) is 41.0 Å². The maximum atomic E-state index is 10.7. The molecule has 0 saturated carbocycles. The number of aryl methyl sites for hydroxylation is 1. The van der Waals surface area contributed by atoms with E-state index < -0.39 is 4.92 Å². The fourth-order valence-corrected chi connectivity index (χ4v) is 1.70. The normalized spacial score (nSPS) is 10.1. The molecule has 0 spiro atoms. The number of rotatable bonds is 3. The zero-order valence-electron chi connectivity index (χ0n) is 9.46. The summed E-state index contributed by atoms with van der Waals surface area (Å²) in [6.45, 7) is 1.82. The number of aromatic nitrogens is 1. The molecular formula is C12H9BrN2O3. The van der Waals surface area contributed by atoms with Crippen LogP contribution in [0.1, 0.15) is 5.56 Å². The molecule has 2 aromatic rings. The molecule has 0 aliphatic heterocycles. The van der Waals surface area contributed by atoms with Crippen LogP contribution in [-0.4, -0.2) is 9.91 Å². The Balaban J connectivity index is 2.33. The summed E-state index contributed by atoms with van der Waals surface area (Å²) in [6.07, 6.45) is 0. The number of pyridine rings is 1. The molecule has 92 valence electrons. The van der Waals surface area contributed by atoms with E-state index in [0.29, 0.717) is 16.2 Å². The molecule has 0 N–H and O–H groups in total. The molecule has 1 heterocycles. The zero-order valence-corrected chi connectivity index (χ0v) is 11.0. The molecule has 0 saturated heterocycles. The van der Waals surface area contributed by atoms with Gasteiger partial charge in [-0.15, -0.1) is 0 Å². The number of non-ortho nitro benzene ring substituents is 1. The van der Waals surface area contributed by atoms with Crippen molar-refractivity contribution in [1.29, 1.82) is 0 Å². The van der Waals surface area contributed by atoms with Gasteiger partial charge in [-0.25, -0.2) is 4.98 Å². The van der Waals surface area contributed by atoms with Gasteiger partial charge in [0, 0.05) is 12.1 Å². The first-order valence-electron chi connectivity index (χ1n) is 5.12. The summed E-state index contributed by atoms with van der Waals surface area (Å²) in [5.41, 5.74) is 0.799. The molecule has 0 aliphatic rings. The van der Waals surface area contributed by atoms with E-state index >= 15 is 0 Å². The first-order valence-corrected chi connectivity index (χ1v) is 5.91. The molecule has 2 rings (SSSR count). The first kappa shape index (κ1) is 12.5. The third-order valence-electron chi connectivity index (χ3n) is 2.29. The third kappa shape index (κ3) is 2.84. The lowest BCUT2D eigenvalue weighted by atomic mass is 10.2. The van der Waals surface area contributed by atoms with Gasteiger partial charge in [-0.1, -0.05) is 6.07 Å². The number of hydrogen-bond donors (Lipinski definition) is 0. The van der Waals surface area contributed by atoms with Gasteiger partial charge in [0.1, 0.15) is 10.4 Å². The molecular weight excluding hydrogens is 300 g/mol. The van der Waals surface area contributed by atoms with Crippen molar-refractivity contribution < 1.29 is 9.66 Å². The van der Waals surface area contributed by atoms with Crippen molar-refractivity contribution in [2.45, 2.75) is 6.92 Å². The summed E-state index contributed by atoms with van der Waals surface area (Å²) >= 11 is 3.23. The lowest BCUT2D eigenvalue weighted by Crippen LogP contribution is -1.93. The molecule has 1 aromatic carbocycles. The van der Waals surface area contributed by atoms with Gasteiger partial charge < -0.3 is 4.74 Å². The van der Waals surface area contributed by atoms with Crippen molar-refractivity contribution in [1.82, 2.24) is 4.98 Å². The van der Waals surface area contributed by atoms with Gasteiger partial charge in [-0.05, 0) is 40.5 Å². The first-order chi connectivity index (χ1) is 8.56. The smallest absolute Gasteiger partial charge is 0.273 e. The minimum absolute atomic E-state index is 0.00871. The molecule has 0 amide bonds. The van der Waals surface area contributed by atoms with Crippen molar-refractivity contribution in [3.05, 3.63) is 56.7 Å². The van der Waals surface area contributed by atoms with E-state index in [0.717, 1.165) is 5.56 Å². The maximum absolute atomic E-state index is 10.7. The molecule has 0 unspecified atom stereocenters. The Labute approximate surface area is 112 Å². The Kier molecular flexibility index (Phi) is 3.57. The van der Waals surface area contributed by atoms with E-state index in [1.807, 2.05) is 6.92 Å². The Bertz CT molecular complexity index is 602. The average Bonchev–Trinajstić information content (AvgIpc) is 2.31. The van der Waals surface area contributed by atoms with E-state index in [4.69, 9.17) is 4.74 Å². The third-order valence-corrected chi connectivity index (χ3v) is 2.73. The summed E-state index contributed by atoms with van der Waals surface area (Å²) in [7, 11) is 0. The van der Waals surface area contributed by atoms with Gasteiger partial charge in [0.2, 0.25) is 5.88 Å². The second-order valence-corrected chi connectivity index (χ2v) is 4.42. The van der Waals surface area contributed by atoms with Crippen LogP contribution in [0.3, 0.4) is 0 Å². The van der Waals surface area contributed by atoms with Gasteiger partial charge >= 0.3 is 0 Å². The molecule has 0 aliphatic carbocycles. The lowest BCUT2D eigenvalue weighted by Gasteiger charge is -2.07. The summed E-state index contributed by atoms with van der Waals surface area (Å²) in [6, 6.07) is 9.70. The standard InChI is InChI=1S/C12H9BrN2O3/c1-8-5-6-9(15(16)17)7-10(8)18-12-4-2-3-11(13)14-12/h2-7H,1H3. The van der Waals surface area contributed by atoms with Crippen LogP contribution in [-0.2, 0) is 0 Å². The minimum atomic E-state index is -0.458. The van der Waals surface area contributed by atoms with E-state index in [-0.39, 0.29) is 5.69 Å². The van der Waals surface area contributed by atoms with Crippen molar-refractivity contribution in [3.8, 4) is 11.6 Å². The lowest BCUT2D eigenvalue weighted by molar-refractivity contribution is -0.384. The highest BCUT2D eigenvalue weighted by Gasteiger charge is 2.10. The maximum Gasteiger partial charge on any atom is 0.273 e. The number of nitro groups is 1. The van der Waals surface area contributed by atoms with Crippen molar-refractivity contribution in [2.75, 3.05) is 0 Å². The fourth-order valence-electron chi connectivity index (χ4n) is 1.37. The minimum Gasteiger partial charge on any atom is -0.438 e. The van der Waals surface area contributed by atoms with Crippen LogP contribution in [0.25, 0.3) is 0 Å². The molecule has 0 fully saturated rings. The largest absolute Gasteiger partial charge is 0.438 e. The highest BCUT2D eigenvalue weighted by Crippen LogP contribution is 2.28. The summed E-state index contributed by atoms with van der Waals surface area (Å²) in [5.74, 6) is 0.808. The van der Waals surface area contributed by atoms with E-state index in [9.17, 15) is 10.1 Å². The summed E-state index contributed by atoms with van der Waals surface area (Å²) in [5, 5.41) is 10.7. The Morgan fingerprint density at radius 2 is 2.11 bits per heavy atom. The number of halogens is 1. The number of benzene rings is 1. The SMILES string of the molecule is Cc1ccc([N+](=O)[O-])cc1Oc1cccc(Br)n1. The van der Waals surface area contributed by atoms with Gasteiger partial charge in [0.05, 0.1) is 11.0 Å². The molecule has 0 bridgehead atoms. The monoisotopic (exact) mass is 308 g/mol. The molecule has 18 heavy (non-hydrogen) atoms. The summed E-state index contributed by atoms with van der Waals surface area (Å²) < 4.78 is 6.18. The second-order valence-electron chi connectivity index (χ2n) is 3.61. The highest BCUT2D eigenvalue weighted by molar-refractivity contribution is 9.10. The van der Waals surface area contributed by atoms with Crippen molar-refractivity contribution in [3.63, 3.8) is 0 Å². The van der Waals surface area contributed by atoms with Crippen LogP contribution in [0, 0.1) is 17.0 Å². The molecule has 0 atom stereocenters. The average molecular weight is 309 g/mol. The Hall–Kier alpha value is -1.95. The Morgan fingerprint density at radius 1 is 1.33 bits per heavy atom. The van der Waals surface area contributed by atoms with E-state index in [1.54, 1.807) is 24.3 Å². The quantitative estimate of drug-likeness (QED) is 0.490. The van der Waals surface area contributed by atoms with Gasteiger partial charge in [0.15, 0.2) is 0 Å². The van der Waals surface area contributed by atoms with Crippen LogP contribution in [0.4, 0.5) is 5.69 Å². The molecule has 1 aromatic heterocycles. The summed E-state index contributed by atoms with van der Waals surface area (Å²) in [4.78, 5) is 14.3. The van der Waals surface area contributed by atoms with Gasteiger partial charge in [0.25, 0.3) is 5.69 Å². The highest BCUT2D eigenvalue weighted by atomic mass is 79.9. The number of nitrogens with zero attached hydrogens (tertiary/aromatic N) is 2. The van der Waals surface area contributed by atoms with Crippen LogP contribution < -0.4 is 4.74 Å². The van der Waals surface area contributed by atoms with Gasteiger partial charge in [-0.3, -0.25) is 10.1 Å². The second kappa shape index (κ2) is 5.14. The van der Waals surface area contributed by atoms with Crippen molar-refractivity contribution >= 4 is 21.6 Å². The molecule has 5 nitrogen and oxygen atoms in total. The molecule has 0 radical (unpaired) electrons. The Morgan fingerprint density at radius 3 is 2.78 bits per heavy atom. The topological polar surface area (TPSA) is 65.3 Å². The van der Waals surface area contributed by atoms with Crippen LogP contribution in [0.2, 0.25) is 0 Å².